The van der Waals surface area contributed by atoms with Gasteiger partial charge in [-0.1, -0.05) is 88.1 Å². The van der Waals surface area contributed by atoms with Crippen LogP contribution in [0.15, 0.2) is 43.8 Å². The number of hydrogen-bond acceptors (Lipinski definition) is 6. The molecule has 1 aliphatic heterocycles. The molecule has 0 saturated carbocycles. The minimum absolute atomic E-state index is 0.472. The van der Waals surface area contributed by atoms with Crippen LogP contribution in [0.5, 0.6) is 11.5 Å². The highest BCUT2D eigenvalue weighted by Crippen LogP contribution is 2.60. The van der Waals surface area contributed by atoms with Crippen molar-refractivity contribution >= 4 is 43.2 Å². The van der Waals surface area contributed by atoms with Crippen LogP contribution in [0.3, 0.4) is 0 Å². The number of rotatable bonds is 10. The Morgan fingerprint density at radius 1 is 0.594 bits per heavy atom. The summed E-state index contributed by atoms with van der Waals surface area (Å²) in [4.78, 5) is 5.23. The summed E-state index contributed by atoms with van der Waals surface area (Å²) < 4.78 is 12.5. The first-order valence-corrected chi connectivity index (χ1v) is 16.1. The molecule has 0 unspecified atom stereocenters. The van der Waals surface area contributed by atoms with E-state index in [0.717, 1.165) is 50.4 Å². The quantitative estimate of drug-likeness (QED) is 0.233. The molecule has 0 amide bonds. The molecule has 0 bridgehead atoms. The smallest absolute Gasteiger partial charge is 0.134 e. The van der Waals surface area contributed by atoms with Gasteiger partial charge >= 0.3 is 0 Å². The molecule has 6 heteroatoms. The monoisotopic (exact) mass is 508 g/mol. The Labute approximate surface area is 210 Å². The summed E-state index contributed by atoms with van der Waals surface area (Å²) in [7, 11) is 7.45. The Kier molecular flexibility index (Phi) is 10.4. The minimum Gasteiger partial charge on any atom is -0.492 e. The van der Waals surface area contributed by atoms with Crippen LogP contribution in [-0.4, -0.2) is 13.2 Å². The molecule has 1 heterocycles. The van der Waals surface area contributed by atoms with E-state index in [-0.39, 0.29) is 0 Å². The summed E-state index contributed by atoms with van der Waals surface area (Å²) in [5.41, 5.74) is 2.80. The van der Waals surface area contributed by atoms with Crippen LogP contribution in [0.2, 0.25) is 0 Å². The molecule has 0 spiro atoms. The first-order chi connectivity index (χ1) is 15.5. The summed E-state index contributed by atoms with van der Waals surface area (Å²) in [6.45, 7) is 15.1. The van der Waals surface area contributed by atoms with E-state index in [0.29, 0.717) is 11.8 Å². The van der Waals surface area contributed by atoms with Crippen LogP contribution in [-0.2, 0) is 0 Å². The van der Waals surface area contributed by atoms with Gasteiger partial charge in [-0.05, 0) is 69.5 Å². The van der Waals surface area contributed by atoms with E-state index in [1.807, 2.05) is 43.2 Å². The maximum Gasteiger partial charge on any atom is 0.134 e. The zero-order valence-electron chi connectivity index (χ0n) is 20.2. The van der Waals surface area contributed by atoms with Crippen LogP contribution in [0.25, 0.3) is 0 Å². The molecular formula is C26H36O2S4. The predicted octanol–water partition coefficient (Wildman–Crippen LogP) is 10.2. The normalized spacial score (nSPS) is 13.5. The highest BCUT2D eigenvalue weighted by atomic mass is 33.1. The molecule has 0 aliphatic carbocycles. The molecule has 0 radical (unpaired) electrons. The van der Waals surface area contributed by atoms with Gasteiger partial charge in [0.1, 0.15) is 11.5 Å². The van der Waals surface area contributed by atoms with Gasteiger partial charge in [-0.25, -0.2) is 0 Å². The lowest BCUT2D eigenvalue weighted by molar-refractivity contribution is 0.300. The Morgan fingerprint density at radius 3 is 1.31 bits per heavy atom. The first-order valence-electron chi connectivity index (χ1n) is 11.8. The second kappa shape index (κ2) is 12.8. The van der Waals surface area contributed by atoms with Gasteiger partial charge in [-0.15, -0.1) is 0 Å². The van der Waals surface area contributed by atoms with Crippen LogP contribution >= 0.6 is 43.2 Å². The lowest BCUT2D eigenvalue weighted by atomic mass is 10.0. The van der Waals surface area contributed by atoms with Crippen molar-refractivity contribution in [3.63, 3.8) is 0 Å². The zero-order chi connectivity index (χ0) is 23.1. The van der Waals surface area contributed by atoms with E-state index in [4.69, 9.17) is 9.47 Å². The van der Waals surface area contributed by atoms with Crippen molar-refractivity contribution in [3.8, 4) is 11.5 Å². The van der Waals surface area contributed by atoms with Crippen molar-refractivity contribution in [2.75, 3.05) is 13.2 Å². The van der Waals surface area contributed by atoms with E-state index in [2.05, 4.69) is 65.8 Å². The topological polar surface area (TPSA) is 18.5 Å². The molecule has 0 fully saturated rings. The third-order valence-electron chi connectivity index (χ3n) is 5.38. The molecule has 0 N–H and O–H groups in total. The summed E-state index contributed by atoms with van der Waals surface area (Å²) in [6, 6.07) is 8.88. The van der Waals surface area contributed by atoms with Gasteiger partial charge in [0.05, 0.1) is 23.0 Å². The van der Waals surface area contributed by atoms with Gasteiger partial charge in [-0.3, -0.25) is 0 Å². The predicted molar refractivity (Wildman–Crippen MR) is 145 cm³/mol. The maximum atomic E-state index is 6.25. The van der Waals surface area contributed by atoms with Crippen LogP contribution in [0, 0.1) is 0 Å². The van der Waals surface area contributed by atoms with Gasteiger partial charge in [-0.2, -0.15) is 0 Å². The number of unbranched alkanes of at least 4 members (excludes halogenated alkanes) is 2. The Bertz CT molecular complexity index is 822. The molecule has 0 atom stereocenters. The number of hydrogen-bond donors (Lipinski definition) is 0. The van der Waals surface area contributed by atoms with Gasteiger partial charge in [0.2, 0.25) is 0 Å². The van der Waals surface area contributed by atoms with Gasteiger partial charge in [0.15, 0.2) is 0 Å². The third kappa shape index (κ3) is 6.31. The molecule has 2 nitrogen and oxygen atoms in total. The summed E-state index contributed by atoms with van der Waals surface area (Å²) in [5.74, 6) is 2.97. The van der Waals surface area contributed by atoms with Gasteiger partial charge in [0, 0.05) is 9.79 Å². The molecular weight excluding hydrogens is 473 g/mol. The second-order valence-electron chi connectivity index (χ2n) is 8.67. The molecule has 3 rings (SSSR count). The van der Waals surface area contributed by atoms with Crippen molar-refractivity contribution < 1.29 is 9.47 Å². The fraction of sp³-hybridized carbons (Fsp3) is 0.538. The average molecular weight is 509 g/mol. The van der Waals surface area contributed by atoms with Crippen molar-refractivity contribution in [1.82, 2.24) is 0 Å². The van der Waals surface area contributed by atoms with Crippen LogP contribution < -0.4 is 9.47 Å². The number of ether oxygens (including phenoxy) is 2. The fourth-order valence-corrected chi connectivity index (χ4v) is 9.90. The lowest BCUT2D eigenvalue weighted by Gasteiger charge is -2.25. The number of benzene rings is 2. The molecule has 0 saturated heterocycles. The van der Waals surface area contributed by atoms with Gasteiger partial charge in [0.25, 0.3) is 0 Å². The van der Waals surface area contributed by atoms with Crippen molar-refractivity contribution in [2.24, 2.45) is 0 Å². The molecule has 2 aromatic carbocycles. The minimum atomic E-state index is 0.472. The Balaban J connectivity index is 2.01. The molecule has 32 heavy (non-hydrogen) atoms. The van der Waals surface area contributed by atoms with Gasteiger partial charge < -0.3 is 9.47 Å². The summed E-state index contributed by atoms with van der Waals surface area (Å²) >= 11 is 0. The van der Waals surface area contributed by atoms with Crippen molar-refractivity contribution in [3.05, 3.63) is 35.4 Å². The highest BCUT2D eigenvalue weighted by Gasteiger charge is 2.26. The van der Waals surface area contributed by atoms with E-state index < -0.39 is 0 Å². The van der Waals surface area contributed by atoms with E-state index in [9.17, 15) is 0 Å². The van der Waals surface area contributed by atoms with E-state index in [1.165, 1.54) is 30.7 Å². The zero-order valence-corrected chi connectivity index (χ0v) is 23.4. The lowest BCUT2D eigenvalue weighted by Crippen LogP contribution is -2.03. The van der Waals surface area contributed by atoms with Crippen LogP contribution in [0.4, 0.5) is 0 Å². The second-order valence-corrected chi connectivity index (χ2v) is 13.0. The van der Waals surface area contributed by atoms with Crippen LogP contribution in [0.1, 0.15) is 90.2 Å². The molecule has 1 aliphatic rings. The number of fused-ring (bicyclic) bond motifs is 2. The fourth-order valence-electron chi connectivity index (χ4n) is 3.41. The van der Waals surface area contributed by atoms with Crippen molar-refractivity contribution in [2.45, 2.75) is 98.6 Å². The average Bonchev–Trinajstić information content (AvgIpc) is 2.75. The molecule has 176 valence electrons. The Hall–Kier alpha value is -0.560. The maximum absolute atomic E-state index is 6.25. The standard InChI is InChI=1S/C26H36O2S4/c1-7-9-15-27-21-13-11-19(17(3)4)23-25(21)31-32-26-22(28-16-10-8-2)14-12-20(18(5)6)24(26)30-29-23/h11-14,17-18H,7-10,15-16H2,1-6H3. The Morgan fingerprint density at radius 2 is 0.969 bits per heavy atom. The van der Waals surface area contributed by atoms with Crippen molar-refractivity contribution in [1.29, 1.82) is 0 Å². The largest absolute Gasteiger partial charge is 0.492 e. The SMILES string of the molecule is CCCCOc1ccc(C(C)C)c2c1SSc1c(OCCCC)ccc(C(C)C)c1SS2. The first kappa shape index (κ1) is 26.1. The van der Waals surface area contributed by atoms with E-state index >= 15 is 0 Å². The molecule has 0 aromatic heterocycles. The summed E-state index contributed by atoms with van der Waals surface area (Å²) in [5, 5.41) is 0. The third-order valence-corrected chi connectivity index (χ3v) is 10.7. The molecule has 2 aromatic rings. The highest BCUT2D eigenvalue weighted by molar-refractivity contribution is 8.79. The van der Waals surface area contributed by atoms with E-state index in [1.54, 1.807) is 0 Å². The summed E-state index contributed by atoms with van der Waals surface area (Å²) in [6.07, 6.45) is 4.44.